The topological polar surface area (TPSA) is 60.2 Å². The average Bonchev–Trinajstić information content (AvgIpc) is 2.30. The van der Waals surface area contributed by atoms with Gasteiger partial charge in [0.25, 0.3) is 0 Å². The predicted molar refractivity (Wildman–Crippen MR) is 75.1 cm³/mol. The minimum Gasteiger partial charge on any atom is -0.327 e. The molecule has 1 fully saturated rings. The van der Waals surface area contributed by atoms with E-state index in [2.05, 4.69) is 0 Å². The van der Waals surface area contributed by atoms with Gasteiger partial charge in [0.15, 0.2) is 0 Å². The number of hydrogen-bond donors (Lipinski definition) is 1. The highest BCUT2D eigenvalue weighted by Crippen LogP contribution is 2.27. The summed E-state index contributed by atoms with van der Waals surface area (Å²) >= 11 is 3.90. The van der Waals surface area contributed by atoms with Gasteiger partial charge in [0, 0.05) is 34.3 Å². The zero-order valence-electron chi connectivity index (χ0n) is 9.72. The molecule has 0 amide bonds. The van der Waals surface area contributed by atoms with E-state index < -0.39 is 9.84 Å². The maximum absolute atomic E-state index is 11.3. The SMILES string of the molecule is CCS(=O)(=O)CCCC(N)C1CSCCS1. The molecule has 96 valence electrons. The van der Waals surface area contributed by atoms with E-state index in [-0.39, 0.29) is 11.8 Å². The molecule has 3 nitrogen and oxygen atoms in total. The number of thioether (sulfide) groups is 2. The van der Waals surface area contributed by atoms with Crippen LogP contribution in [-0.2, 0) is 9.84 Å². The summed E-state index contributed by atoms with van der Waals surface area (Å²) in [5.74, 6) is 4.05. The van der Waals surface area contributed by atoms with Gasteiger partial charge in [-0.15, -0.1) is 0 Å². The highest BCUT2D eigenvalue weighted by Gasteiger charge is 2.21. The molecule has 1 heterocycles. The van der Waals surface area contributed by atoms with Crippen LogP contribution in [0, 0.1) is 0 Å². The minimum atomic E-state index is -2.81. The van der Waals surface area contributed by atoms with Gasteiger partial charge >= 0.3 is 0 Å². The Morgan fingerprint density at radius 3 is 2.75 bits per heavy atom. The van der Waals surface area contributed by atoms with E-state index >= 15 is 0 Å². The van der Waals surface area contributed by atoms with Crippen LogP contribution >= 0.6 is 23.5 Å². The molecule has 0 aliphatic carbocycles. The number of rotatable bonds is 6. The highest BCUT2D eigenvalue weighted by molar-refractivity contribution is 8.06. The minimum absolute atomic E-state index is 0.157. The van der Waals surface area contributed by atoms with Crippen LogP contribution < -0.4 is 5.73 Å². The van der Waals surface area contributed by atoms with Crippen molar-refractivity contribution in [3.63, 3.8) is 0 Å². The Morgan fingerprint density at radius 1 is 1.44 bits per heavy atom. The standard InChI is InChI=1S/C10H21NO2S3/c1-2-16(12,13)7-3-4-9(11)10-8-14-5-6-15-10/h9-10H,2-8,11H2,1H3. The van der Waals surface area contributed by atoms with Crippen molar-refractivity contribution < 1.29 is 8.42 Å². The van der Waals surface area contributed by atoms with Crippen molar-refractivity contribution in [1.29, 1.82) is 0 Å². The van der Waals surface area contributed by atoms with Gasteiger partial charge in [0.05, 0.1) is 5.75 Å². The van der Waals surface area contributed by atoms with E-state index in [0.29, 0.717) is 17.4 Å². The van der Waals surface area contributed by atoms with Gasteiger partial charge in [0.2, 0.25) is 0 Å². The Morgan fingerprint density at radius 2 is 2.19 bits per heavy atom. The van der Waals surface area contributed by atoms with Gasteiger partial charge < -0.3 is 5.73 Å². The van der Waals surface area contributed by atoms with Gasteiger partial charge in [-0.3, -0.25) is 0 Å². The van der Waals surface area contributed by atoms with Crippen molar-refractivity contribution in [2.45, 2.75) is 31.1 Å². The molecular weight excluding hydrogens is 262 g/mol. The third kappa shape index (κ3) is 5.29. The molecule has 0 bridgehead atoms. The first-order valence-corrected chi connectivity index (χ1v) is 9.73. The zero-order valence-corrected chi connectivity index (χ0v) is 12.2. The normalized spacial score (nSPS) is 24.2. The highest BCUT2D eigenvalue weighted by atomic mass is 32.2. The van der Waals surface area contributed by atoms with E-state index in [1.807, 2.05) is 23.5 Å². The first-order valence-electron chi connectivity index (χ1n) is 5.70. The summed E-state index contributed by atoms with van der Waals surface area (Å²) in [7, 11) is -2.81. The predicted octanol–water partition coefficient (Wildman–Crippen LogP) is 1.38. The summed E-state index contributed by atoms with van der Waals surface area (Å²) in [6.07, 6.45) is 1.54. The van der Waals surface area contributed by atoms with Crippen molar-refractivity contribution in [3.8, 4) is 0 Å². The van der Waals surface area contributed by atoms with Gasteiger partial charge in [-0.25, -0.2) is 8.42 Å². The number of hydrogen-bond acceptors (Lipinski definition) is 5. The van der Waals surface area contributed by atoms with E-state index in [0.717, 1.165) is 12.2 Å². The molecule has 0 aromatic rings. The molecule has 1 rings (SSSR count). The monoisotopic (exact) mass is 283 g/mol. The fourth-order valence-electron chi connectivity index (χ4n) is 1.62. The zero-order chi connectivity index (χ0) is 12.0. The molecule has 1 aliphatic heterocycles. The third-order valence-corrected chi connectivity index (χ3v) is 7.48. The summed E-state index contributed by atoms with van der Waals surface area (Å²) in [5.41, 5.74) is 6.09. The largest absolute Gasteiger partial charge is 0.327 e. The van der Waals surface area contributed by atoms with E-state index in [1.165, 1.54) is 11.5 Å². The molecule has 1 aliphatic rings. The summed E-state index contributed by atoms with van der Waals surface area (Å²) in [5, 5.41) is 0.517. The fraction of sp³-hybridized carbons (Fsp3) is 1.00. The summed E-state index contributed by atoms with van der Waals surface area (Å²) in [6.45, 7) is 1.70. The quantitative estimate of drug-likeness (QED) is 0.798. The lowest BCUT2D eigenvalue weighted by Gasteiger charge is -2.26. The first kappa shape index (κ1) is 14.7. The lowest BCUT2D eigenvalue weighted by molar-refractivity contribution is 0.575. The molecular formula is C10H21NO2S3. The summed E-state index contributed by atoms with van der Waals surface area (Å²) in [4.78, 5) is 0. The second-order valence-electron chi connectivity index (χ2n) is 4.03. The second-order valence-corrected chi connectivity index (χ2v) is 9.00. The maximum Gasteiger partial charge on any atom is 0.150 e. The van der Waals surface area contributed by atoms with Crippen LogP contribution in [-0.4, -0.2) is 48.5 Å². The second kappa shape index (κ2) is 7.13. The molecule has 2 unspecified atom stereocenters. The third-order valence-electron chi connectivity index (χ3n) is 2.75. The lowest BCUT2D eigenvalue weighted by Crippen LogP contribution is -2.36. The Kier molecular flexibility index (Phi) is 6.54. The smallest absolute Gasteiger partial charge is 0.150 e. The van der Waals surface area contributed by atoms with Gasteiger partial charge in [0.1, 0.15) is 9.84 Å². The fourth-order valence-corrected chi connectivity index (χ4v) is 5.38. The molecule has 0 aromatic carbocycles. The molecule has 6 heteroatoms. The van der Waals surface area contributed by atoms with Gasteiger partial charge in [-0.05, 0) is 12.8 Å². The van der Waals surface area contributed by atoms with E-state index in [4.69, 9.17) is 5.73 Å². The number of sulfone groups is 1. The van der Waals surface area contributed by atoms with E-state index in [1.54, 1.807) is 6.92 Å². The van der Waals surface area contributed by atoms with Crippen molar-refractivity contribution in [2.75, 3.05) is 28.8 Å². The maximum atomic E-state index is 11.3. The Bertz CT molecular complexity index is 286. The van der Waals surface area contributed by atoms with Crippen LogP contribution in [0.2, 0.25) is 0 Å². The first-order chi connectivity index (χ1) is 7.55. The van der Waals surface area contributed by atoms with Crippen molar-refractivity contribution in [1.82, 2.24) is 0 Å². The molecule has 0 aromatic heterocycles. The Balaban J connectivity index is 2.21. The van der Waals surface area contributed by atoms with Crippen LogP contribution in [0.5, 0.6) is 0 Å². The average molecular weight is 283 g/mol. The lowest BCUT2D eigenvalue weighted by atomic mass is 10.1. The van der Waals surface area contributed by atoms with Crippen LogP contribution in [0.1, 0.15) is 19.8 Å². The molecule has 0 radical (unpaired) electrons. The van der Waals surface area contributed by atoms with Crippen LogP contribution in [0.15, 0.2) is 0 Å². The van der Waals surface area contributed by atoms with E-state index in [9.17, 15) is 8.42 Å². The molecule has 1 saturated heterocycles. The molecule has 2 atom stereocenters. The summed E-state index contributed by atoms with van der Waals surface area (Å²) in [6, 6.07) is 0.157. The molecule has 0 spiro atoms. The van der Waals surface area contributed by atoms with Gasteiger partial charge in [-0.2, -0.15) is 23.5 Å². The molecule has 2 N–H and O–H groups in total. The molecule has 16 heavy (non-hydrogen) atoms. The Hall–Kier alpha value is 0.610. The number of nitrogens with two attached hydrogens (primary N) is 1. The van der Waals surface area contributed by atoms with Crippen LogP contribution in [0.4, 0.5) is 0 Å². The van der Waals surface area contributed by atoms with Crippen molar-refractivity contribution in [2.24, 2.45) is 5.73 Å². The van der Waals surface area contributed by atoms with Crippen LogP contribution in [0.25, 0.3) is 0 Å². The van der Waals surface area contributed by atoms with Crippen molar-refractivity contribution >= 4 is 33.4 Å². The summed E-state index contributed by atoms with van der Waals surface area (Å²) < 4.78 is 22.6. The van der Waals surface area contributed by atoms with Crippen molar-refractivity contribution in [3.05, 3.63) is 0 Å². The molecule has 0 saturated carbocycles. The Labute approximate surface area is 107 Å². The van der Waals surface area contributed by atoms with Gasteiger partial charge in [-0.1, -0.05) is 6.92 Å². The van der Waals surface area contributed by atoms with Crippen LogP contribution in [0.3, 0.4) is 0 Å².